The lowest BCUT2D eigenvalue weighted by Crippen LogP contribution is -2.16. The zero-order valence-electron chi connectivity index (χ0n) is 5.89. The Hall–Kier alpha value is -1.14. The number of carbonyl (C=O) groups excluding carboxylic acids is 1. The summed E-state index contributed by atoms with van der Waals surface area (Å²) in [5.41, 5.74) is 0. The minimum atomic E-state index is -4.60. The molecule has 12 heavy (non-hydrogen) atoms. The number of hydrogen-bond donors (Lipinski definition) is 2. The molecule has 0 fully saturated rings. The number of allylic oxidation sites excluding steroid dienone is 3. The van der Waals surface area contributed by atoms with Gasteiger partial charge < -0.3 is 5.11 Å². The average Bonchev–Trinajstić information content (AvgIpc) is 1.82. The van der Waals surface area contributed by atoms with Crippen molar-refractivity contribution in [1.82, 2.24) is 0 Å². The molecule has 5 nitrogen and oxygen atoms in total. The van der Waals surface area contributed by atoms with Crippen molar-refractivity contribution in [2.75, 3.05) is 0 Å². The van der Waals surface area contributed by atoms with Crippen LogP contribution in [-0.2, 0) is 14.9 Å². The van der Waals surface area contributed by atoms with Gasteiger partial charge in [-0.25, -0.2) is 0 Å². The van der Waals surface area contributed by atoms with Gasteiger partial charge in [0, 0.05) is 6.42 Å². The van der Waals surface area contributed by atoms with Gasteiger partial charge in [-0.1, -0.05) is 6.08 Å². The van der Waals surface area contributed by atoms with Crippen molar-refractivity contribution in [3.05, 3.63) is 22.8 Å². The van der Waals surface area contributed by atoms with Gasteiger partial charge in [-0.2, -0.15) is 8.42 Å². The topological polar surface area (TPSA) is 91.7 Å². The summed E-state index contributed by atoms with van der Waals surface area (Å²) in [6, 6.07) is 0. The van der Waals surface area contributed by atoms with Gasteiger partial charge >= 0.3 is 10.1 Å². The summed E-state index contributed by atoms with van der Waals surface area (Å²) >= 11 is 0. The molecule has 0 radical (unpaired) electrons. The van der Waals surface area contributed by atoms with Crippen molar-refractivity contribution in [2.45, 2.75) is 6.42 Å². The number of rotatable bonds is 1. The molecule has 0 aromatic rings. The van der Waals surface area contributed by atoms with Crippen LogP contribution < -0.4 is 0 Å². The van der Waals surface area contributed by atoms with E-state index in [1.807, 2.05) is 0 Å². The summed E-state index contributed by atoms with van der Waals surface area (Å²) in [6.45, 7) is 0. The Kier molecular flexibility index (Phi) is 2.03. The smallest absolute Gasteiger partial charge is 0.301 e. The van der Waals surface area contributed by atoms with Crippen LogP contribution in [0.15, 0.2) is 22.8 Å². The van der Waals surface area contributed by atoms with E-state index in [0.29, 0.717) is 0 Å². The van der Waals surface area contributed by atoms with Crippen LogP contribution in [0, 0.1) is 0 Å². The second-order valence-corrected chi connectivity index (χ2v) is 3.58. The molecule has 0 atom stereocenters. The zero-order chi connectivity index (χ0) is 9.35. The van der Waals surface area contributed by atoms with Crippen LogP contribution in [0.2, 0.25) is 0 Å². The van der Waals surface area contributed by atoms with E-state index in [9.17, 15) is 13.2 Å². The van der Waals surface area contributed by atoms with Crippen LogP contribution in [0.5, 0.6) is 0 Å². The van der Waals surface area contributed by atoms with Gasteiger partial charge in [0.1, 0.15) is 5.76 Å². The molecule has 0 aliphatic heterocycles. The molecule has 1 aliphatic rings. The molecule has 0 aromatic heterocycles. The molecule has 0 aromatic carbocycles. The SMILES string of the molecule is O=C1CC=CC(O)=C1S(=O)(=O)O. The molecule has 0 bridgehead atoms. The van der Waals surface area contributed by atoms with Gasteiger partial charge in [-0.15, -0.1) is 0 Å². The molecule has 2 N–H and O–H groups in total. The molecule has 0 saturated carbocycles. The van der Waals surface area contributed by atoms with Crippen molar-refractivity contribution in [3.63, 3.8) is 0 Å². The molecule has 0 amide bonds. The maximum Gasteiger partial charge on any atom is 0.301 e. The Labute approximate surface area is 68.8 Å². The van der Waals surface area contributed by atoms with E-state index in [0.717, 1.165) is 6.08 Å². The Bertz CT molecular complexity index is 373. The predicted octanol–water partition coefficient (Wildman–Crippen LogP) is 0.173. The monoisotopic (exact) mass is 190 g/mol. The van der Waals surface area contributed by atoms with Crippen molar-refractivity contribution in [2.24, 2.45) is 0 Å². The lowest BCUT2D eigenvalue weighted by atomic mass is 10.1. The molecule has 66 valence electrons. The quantitative estimate of drug-likeness (QED) is 0.575. The largest absolute Gasteiger partial charge is 0.506 e. The summed E-state index contributed by atoms with van der Waals surface area (Å²) in [4.78, 5) is 9.92. The van der Waals surface area contributed by atoms with Gasteiger partial charge in [-0.3, -0.25) is 9.35 Å². The van der Waals surface area contributed by atoms with Gasteiger partial charge in [0.2, 0.25) is 0 Å². The van der Waals surface area contributed by atoms with Gasteiger partial charge in [0.15, 0.2) is 10.7 Å². The third kappa shape index (κ3) is 1.54. The first-order chi connectivity index (χ1) is 5.43. The molecular weight excluding hydrogens is 184 g/mol. The van der Waals surface area contributed by atoms with E-state index in [2.05, 4.69) is 0 Å². The molecule has 0 saturated heterocycles. The van der Waals surface area contributed by atoms with E-state index >= 15 is 0 Å². The van der Waals surface area contributed by atoms with Gasteiger partial charge in [-0.05, 0) is 6.08 Å². The summed E-state index contributed by atoms with van der Waals surface area (Å²) in [6.07, 6.45) is 2.25. The molecule has 0 heterocycles. The Morgan fingerprint density at radius 3 is 2.33 bits per heavy atom. The molecule has 6 heteroatoms. The second-order valence-electron chi connectivity index (χ2n) is 2.22. The van der Waals surface area contributed by atoms with Crippen LogP contribution in [0.4, 0.5) is 0 Å². The first-order valence-electron chi connectivity index (χ1n) is 3.03. The lowest BCUT2D eigenvalue weighted by molar-refractivity contribution is -0.114. The van der Waals surface area contributed by atoms with E-state index in [1.54, 1.807) is 0 Å². The van der Waals surface area contributed by atoms with E-state index in [4.69, 9.17) is 9.66 Å². The predicted molar refractivity (Wildman–Crippen MR) is 40.0 cm³/mol. The van der Waals surface area contributed by atoms with Crippen molar-refractivity contribution in [3.8, 4) is 0 Å². The maximum atomic E-state index is 10.8. The highest BCUT2D eigenvalue weighted by Crippen LogP contribution is 2.17. The number of hydrogen-bond acceptors (Lipinski definition) is 4. The Morgan fingerprint density at radius 2 is 2.00 bits per heavy atom. The minimum Gasteiger partial charge on any atom is -0.506 e. The minimum absolute atomic E-state index is 0.126. The van der Waals surface area contributed by atoms with Crippen molar-refractivity contribution < 1.29 is 22.9 Å². The van der Waals surface area contributed by atoms with Crippen molar-refractivity contribution in [1.29, 1.82) is 0 Å². The highest BCUT2D eigenvalue weighted by Gasteiger charge is 2.27. The molecule has 1 rings (SSSR count). The fraction of sp³-hybridized carbons (Fsp3) is 0.167. The Morgan fingerprint density at radius 1 is 1.42 bits per heavy atom. The zero-order valence-corrected chi connectivity index (χ0v) is 6.71. The molecule has 0 spiro atoms. The van der Waals surface area contributed by atoms with Crippen molar-refractivity contribution >= 4 is 15.9 Å². The number of carbonyl (C=O) groups is 1. The third-order valence-corrected chi connectivity index (χ3v) is 2.28. The number of ketones is 1. The van der Waals surface area contributed by atoms with Crippen LogP contribution in [0.3, 0.4) is 0 Å². The molecular formula is C6H6O5S. The van der Waals surface area contributed by atoms with Crippen LogP contribution in [0.25, 0.3) is 0 Å². The van der Waals surface area contributed by atoms with Crippen LogP contribution in [0.1, 0.15) is 6.42 Å². The van der Waals surface area contributed by atoms with E-state index < -0.39 is 26.6 Å². The van der Waals surface area contributed by atoms with Gasteiger partial charge in [0.05, 0.1) is 0 Å². The highest BCUT2D eigenvalue weighted by atomic mass is 32.2. The number of aliphatic hydroxyl groups excluding tert-OH is 1. The summed E-state index contributed by atoms with van der Waals surface area (Å²) < 4.78 is 29.5. The maximum absolute atomic E-state index is 10.8. The fourth-order valence-electron chi connectivity index (χ4n) is 0.865. The number of Topliss-reactive ketones (excluding diaryl/α,β-unsaturated/α-hetero) is 1. The first-order valence-corrected chi connectivity index (χ1v) is 4.47. The normalized spacial score (nSPS) is 18.6. The second kappa shape index (κ2) is 2.72. The molecule has 0 unspecified atom stereocenters. The highest BCUT2D eigenvalue weighted by molar-refractivity contribution is 7.90. The Balaban J connectivity index is 3.33. The number of aliphatic hydroxyl groups is 1. The first kappa shape index (κ1) is 8.95. The summed E-state index contributed by atoms with van der Waals surface area (Å²) in [5.74, 6) is -1.52. The van der Waals surface area contributed by atoms with E-state index in [1.165, 1.54) is 6.08 Å². The average molecular weight is 190 g/mol. The molecule has 1 aliphatic carbocycles. The summed E-state index contributed by atoms with van der Waals surface area (Å²) in [5, 5.41) is 8.91. The van der Waals surface area contributed by atoms with E-state index in [-0.39, 0.29) is 6.42 Å². The third-order valence-electron chi connectivity index (χ3n) is 1.32. The standard InChI is InChI=1S/C6H6O5S/c7-4-2-1-3-5(8)6(4)12(9,10)11/h1-2,7H,3H2,(H,9,10,11). The van der Waals surface area contributed by atoms with Gasteiger partial charge in [0.25, 0.3) is 0 Å². The lowest BCUT2D eigenvalue weighted by Gasteiger charge is -2.06. The van der Waals surface area contributed by atoms with Crippen LogP contribution in [-0.4, -0.2) is 23.9 Å². The fourth-order valence-corrected chi connectivity index (χ4v) is 1.57. The van der Waals surface area contributed by atoms with Crippen LogP contribution >= 0.6 is 0 Å². The summed E-state index contributed by atoms with van der Waals surface area (Å²) in [7, 11) is -4.60.